The van der Waals surface area contributed by atoms with E-state index in [-0.39, 0.29) is 11.3 Å². The molecular weight excluding hydrogens is 435 g/mol. The molecular formula is C21H15Cl3N2O3. The van der Waals surface area contributed by atoms with Crippen LogP contribution in [0.15, 0.2) is 65.8 Å². The number of halogens is 3. The van der Waals surface area contributed by atoms with Crippen molar-refractivity contribution in [1.29, 1.82) is 0 Å². The van der Waals surface area contributed by atoms with Gasteiger partial charge < -0.3 is 9.84 Å². The Morgan fingerprint density at radius 1 is 1.00 bits per heavy atom. The summed E-state index contributed by atoms with van der Waals surface area (Å²) in [6.45, 7) is 0.297. The molecule has 3 aromatic rings. The molecule has 0 unspecified atom stereocenters. The number of amides is 1. The van der Waals surface area contributed by atoms with E-state index < -0.39 is 5.91 Å². The fourth-order valence-electron chi connectivity index (χ4n) is 2.45. The van der Waals surface area contributed by atoms with Gasteiger partial charge >= 0.3 is 0 Å². The zero-order valence-corrected chi connectivity index (χ0v) is 17.2. The van der Waals surface area contributed by atoms with Crippen LogP contribution in [0.5, 0.6) is 11.5 Å². The first kappa shape index (κ1) is 21.0. The first-order valence-electron chi connectivity index (χ1n) is 8.41. The fraction of sp³-hybridized carbons (Fsp3) is 0.0476. The van der Waals surface area contributed by atoms with Crippen molar-refractivity contribution in [3.63, 3.8) is 0 Å². The van der Waals surface area contributed by atoms with Gasteiger partial charge in [-0.3, -0.25) is 4.79 Å². The molecule has 29 heavy (non-hydrogen) atoms. The number of hydrogen-bond donors (Lipinski definition) is 2. The van der Waals surface area contributed by atoms with Gasteiger partial charge in [0.05, 0.1) is 11.8 Å². The molecule has 0 saturated carbocycles. The monoisotopic (exact) mass is 448 g/mol. The lowest BCUT2D eigenvalue weighted by atomic mass is 10.2. The highest BCUT2D eigenvalue weighted by Crippen LogP contribution is 2.24. The third-order valence-corrected chi connectivity index (χ3v) is 4.53. The molecule has 0 atom stereocenters. The van der Waals surface area contributed by atoms with Gasteiger partial charge in [0.15, 0.2) is 0 Å². The van der Waals surface area contributed by atoms with E-state index in [2.05, 4.69) is 10.5 Å². The van der Waals surface area contributed by atoms with Crippen LogP contribution < -0.4 is 10.2 Å². The second kappa shape index (κ2) is 9.65. The number of benzene rings is 3. The van der Waals surface area contributed by atoms with Crippen molar-refractivity contribution in [2.24, 2.45) is 5.10 Å². The van der Waals surface area contributed by atoms with Crippen LogP contribution in [0.25, 0.3) is 0 Å². The molecule has 0 aromatic heterocycles. The normalized spacial score (nSPS) is 10.9. The minimum atomic E-state index is -0.607. The summed E-state index contributed by atoms with van der Waals surface area (Å²) in [6.07, 6.45) is 1.40. The molecule has 8 heteroatoms. The Morgan fingerprint density at radius 3 is 2.52 bits per heavy atom. The smallest absolute Gasteiger partial charge is 0.275 e. The summed E-state index contributed by atoms with van der Waals surface area (Å²) < 4.78 is 5.83. The fourth-order valence-corrected chi connectivity index (χ4v) is 3.02. The van der Waals surface area contributed by atoms with E-state index in [1.165, 1.54) is 24.4 Å². The van der Waals surface area contributed by atoms with Gasteiger partial charge in [0, 0.05) is 20.6 Å². The van der Waals surface area contributed by atoms with Crippen LogP contribution in [0.2, 0.25) is 15.1 Å². The number of nitrogens with one attached hydrogen (secondary N) is 1. The Kier molecular flexibility index (Phi) is 6.99. The maximum absolute atomic E-state index is 12.2. The minimum Gasteiger partial charge on any atom is -0.507 e. The maximum Gasteiger partial charge on any atom is 0.275 e. The zero-order valence-electron chi connectivity index (χ0n) is 14.9. The van der Waals surface area contributed by atoms with Crippen molar-refractivity contribution in [2.75, 3.05) is 0 Å². The number of phenolic OH excluding ortho intramolecular Hbond substituents is 1. The highest BCUT2D eigenvalue weighted by atomic mass is 35.5. The summed E-state index contributed by atoms with van der Waals surface area (Å²) in [5.41, 5.74) is 3.82. The van der Waals surface area contributed by atoms with Gasteiger partial charge in [-0.05, 0) is 54.1 Å². The van der Waals surface area contributed by atoms with E-state index in [0.717, 1.165) is 5.56 Å². The number of carbonyl (C=O) groups excluding carboxylic acids is 1. The number of aromatic hydroxyl groups is 1. The van der Waals surface area contributed by atoms with Crippen molar-refractivity contribution in [3.8, 4) is 11.5 Å². The lowest BCUT2D eigenvalue weighted by molar-refractivity contribution is 0.0952. The van der Waals surface area contributed by atoms with Gasteiger partial charge in [-0.2, -0.15) is 5.10 Å². The molecule has 0 fully saturated rings. The predicted molar refractivity (Wildman–Crippen MR) is 115 cm³/mol. The Labute approximate surface area is 182 Å². The van der Waals surface area contributed by atoms with E-state index in [9.17, 15) is 9.90 Å². The molecule has 3 rings (SSSR count). The standard InChI is InChI=1S/C21H15Cl3N2O3/c22-15-3-1-2-13(8-15)12-29-20-7-5-16(23)9-14(20)11-25-26-21(28)18-10-17(24)4-6-19(18)27/h1-11,27H,12H2,(H,26,28)/b25-11-. The van der Waals surface area contributed by atoms with E-state index in [1.807, 2.05) is 18.2 Å². The van der Waals surface area contributed by atoms with Crippen molar-refractivity contribution in [2.45, 2.75) is 6.61 Å². The van der Waals surface area contributed by atoms with Crippen molar-refractivity contribution in [3.05, 3.63) is 92.4 Å². The number of carbonyl (C=O) groups is 1. The molecule has 1 amide bonds. The van der Waals surface area contributed by atoms with Crippen molar-refractivity contribution in [1.82, 2.24) is 5.43 Å². The summed E-state index contributed by atoms with van der Waals surface area (Å²) in [5, 5.41) is 15.1. The number of nitrogens with zero attached hydrogens (tertiary/aromatic N) is 1. The van der Waals surface area contributed by atoms with Crippen molar-refractivity contribution < 1.29 is 14.6 Å². The molecule has 0 aliphatic rings. The molecule has 0 heterocycles. The quantitative estimate of drug-likeness (QED) is 0.375. The average molecular weight is 450 g/mol. The number of rotatable bonds is 6. The van der Waals surface area contributed by atoms with Gasteiger partial charge in [-0.1, -0.05) is 46.9 Å². The Morgan fingerprint density at radius 2 is 1.72 bits per heavy atom. The highest BCUT2D eigenvalue weighted by molar-refractivity contribution is 6.31. The molecule has 0 saturated heterocycles. The van der Waals surface area contributed by atoms with E-state index >= 15 is 0 Å². The van der Waals surface area contributed by atoms with Crippen LogP contribution in [-0.2, 0) is 6.61 Å². The SMILES string of the molecule is O=C(N/N=C\c1cc(Cl)ccc1OCc1cccc(Cl)c1)c1cc(Cl)ccc1O. The molecule has 0 radical (unpaired) electrons. The van der Waals surface area contributed by atoms with E-state index in [4.69, 9.17) is 39.5 Å². The molecule has 2 N–H and O–H groups in total. The van der Waals surface area contributed by atoms with Crippen LogP contribution >= 0.6 is 34.8 Å². The number of ether oxygens (including phenoxy) is 1. The van der Waals surface area contributed by atoms with Gasteiger partial charge in [0.25, 0.3) is 5.91 Å². The van der Waals surface area contributed by atoms with E-state index in [1.54, 1.807) is 24.3 Å². The highest BCUT2D eigenvalue weighted by Gasteiger charge is 2.11. The lowest BCUT2D eigenvalue weighted by Gasteiger charge is -2.10. The van der Waals surface area contributed by atoms with Crippen LogP contribution in [0, 0.1) is 0 Å². The zero-order chi connectivity index (χ0) is 20.8. The first-order chi connectivity index (χ1) is 13.9. The van der Waals surface area contributed by atoms with Crippen LogP contribution in [0.3, 0.4) is 0 Å². The van der Waals surface area contributed by atoms with Gasteiger partial charge in [-0.25, -0.2) is 5.43 Å². The number of phenols is 1. The van der Waals surface area contributed by atoms with E-state index in [0.29, 0.717) is 33.0 Å². The molecule has 0 spiro atoms. The molecule has 3 aromatic carbocycles. The van der Waals surface area contributed by atoms with Gasteiger partial charge in [0.1, 0.15) is 18.1 Å². The third kappa shape index (κ3) is 5.87. The summed E-state index contributed by atoms with van der Waals surface area (Å²) >= 11 is 17.9. The number of hydrogen-bond acceptors (Lipinski definition) is 4. The number of hydrazone groups is 1. The Hall–Kier alpha value is -2.73. The summed E-state index contributed by atoms with van der Waals surface area (Å²) in [5.74, 6) is -0.280. The van der Waals surface area contributed by atoms with Crippen LogP contribution in [-0.4, -0.2) is 17.2 Å². The van der Waals surface area contributed by atoms with Crippen molar-refractivity contribution >= 4 is 46.9 Å². The second-order valence-electron chi connectivity index (χ2n) is 5.96. The van der Waals surface area contributed by atoms with Gasteiger partial charge in [-0.15, -0.1) is 0 Å². The topological polar surface area (TPSA) is 70.9 Å². The predicted octanol–water partition coefficient (Wildman–Crippen LogP) is 5.70. The Bertz CT molecular complexity index is 1070. The third-order valence-electron chi connectivity index (χ3n) is 3.83. The molecule has 0 aliphatic heterocycles. The summed E-state index contributed by atoms with van der Waals surface area (Å²) in [4.78, 5) is 12.2. The maximum atomic E-state index is 12.2. The summed E-state index contributed by atoms with van der Waals surface area (Å²) in [7, 11) is 0. The van der Waals surface area contributed by atoms with Crippen LogP contribution in [0.4, 0.5) is 0 Å². The molecule has 148 valence electrons. The molecule has 0 aliphatic carbocycles. The molecule has 0 bridgehead atoms. The first-order valence-corrected chi connectivity index (χ1v) is 9.54. The molecule has 5 nitrogen and oxygen atoms in total. The minimum absolute atomic E-state index is 0.0122. The van der Waals surface area contributed by atoms with Crippen LogP contribution in [0.1, 0.15) is 21.5 Å². The summed E-state index contributed by atoms with van der Waals surface area (Å²) in [6, 6.07) is 16.5. The Balaban J connectivity index is 1.72. The largest absolute Gasteiger partial charge is 0.507 e. The lowest BCUT2D eigenvalue weighted by Crippen LogP contribution is -2.17. The van der Waals surface area contributed by atoms with Gasteiger partial charge in [0.2, 0.25) is 0 Å². The average Bonchev–Trinajstić information content (AvgIpc) is 2.69. The second-order valence-corrected chi connectivity index (χ2v) is 7.27.